The molecule has 0 spiro atoms. The van der Waals surface area contributed by atoms with Crippen molar-refractivity contribution in [3.05, 3.63) is 33.0 Å². The van der Waals surface area contributed by atoms with Crippen molar-refractivity contribution in [1.82, 2.24) is 19.7 Å². The number of aromatic nitrogens is 3. The molecule has 1 fully saturated rings. The predicted molar refractivity (Wildman–Crippen MR) is 89.8 cm³/mol. The summed E-state index contributed by atoms with van der Waals surface area (Å²) in [7, 11) is 3.85. The summed E-state index contributed by atoms with van der Waals surface area (Å²) in [5.74, 6) is 0. The number of thiazole rings is 1. The van der Waals surface area contributed by atoms with Gasteiger partial charge in [-0.25, -0.2) is 4.98 Å². The highest BCUT2D eigenvalue weighted by atomic mass is 32.1. The van der Waals surface area contributed by atoms with E-state index in [1.54, 1.807) is 18.4 Å². The van der Waals surface area contributed by atoms with E-state index in [-0.39, 0.29) is 6.04 Å². The maximum absolute atomic E-state index is 5.67. The van der Waals surface area contributed by atoms with Crippen molar-refractivity contribution in [2.24, 2.45) is 0 Å². The van der Waals surface area contributed by atoms with Gasteiger partial charge in [0.2, 0.25) is 0 Å². The van der Waals surface area contributed by atoms with Gasteiger partial charge in [0, 0.05) is 30.3 Å². The molecule has 2 aromatic rings. The van der Waals surface area contributed by atoms with Crippen LogP contribution in [0.4, 0.5) is 0 Å². The van der Waals surface area contributed by atoms with Crippen LogP contribution in [-0.4, -0.2) is 53.6 Å². The first-order valence-corrected chi connectivity index (χ1v) is 8.72. The SMILES string of the molecule is COCc1nc(Cn2nc(C)c(C3COCCN3C)c2C)cs1. The molecule has 1 aliphatic heterocycles. The Kier molecular flexibility index (Phi) is 5.11. The van der Waals surface area contributed by atoms with Gasteiger partial charge in [0.05, 0.1) is 43.8 Å². The highest BCUT2D eigenvalue weighted by Gasteiger charge is 2.27. The average molecular weight is 336 g/mol. The van der Waals surface area contributed by atoms with Crippen LogP contribution in [0.2, 0.25) is 0 Å². The van der Waals surface area contributed by atoms with Crippen LogP contribution in [0.1, 0.15) is 33.7 Å². The molecule has 3 heterocycles. The Morgan fingerprint density at radius 1 is 1.43 bits per heavy atom. The first-order valence-electron chi connectivity index (χ1n) is 7.84. The second kappa shape index (κ2) is 7.09. The van der Waals surface area contributed by atoms with E-state index in [4.69, 9.17) is 14.6 Å². The van der Waals surface area contributed by atoms with E-state index < -0.39 is 0 Å². The number of rotatable bonds is 5. The molecular formula is C16H24N4O2S. The molecule has 1 unspecified atom stereocenters. The molecule has 0 bridgehead atoms. The number of likely N-dealkylation sites (N-methyl/N-ethyl adjacent to an activating group) is 1. The maximum Gasteiger partial charge on any atom is 0.119 e. The van der Waals surface area contributed by atoms with Gasteiger partial charge in [0.25, 0.3) is 0 Å². The number of nitrogens with zero attached hydrogens (tertiary/aromatic N) is 4. The monoisotopic (exact) mass is 336 g/mol. The van der Waals surface area contributed by atoms with E-state index in [1.165, 1.54) is 11.3 Å². The molecule has 126 valence electrons. The fourth-order valence-electron chi connectivity index (χ4n) is 3.10. The van der Waals surface area contributed by atoms with Crippen molar-refractivity contribution in [1.29, 1.82) is 0 Å². The minimum atomic E-state index is 0.289. The lowest BCUT2D eigenvalue weighted by Crippen LogP contribution is -2.37. The van der Waals surface area contributed by atoms with E-state index in [9.17, 15) is 0 Å². The molecule has 6 nitrogen and oxygen atoms in total. The molecule has 0 radical (unpaired) electrons. The molecule has 3 rings (SSSR count). The number of morpholine rings is 1. The van der Waals surface area contributed by atoms with Crippen LogP contribution < -0.4 is 0 Å². The van der Waals surface area contributed by atoms with Crippen molar-refractivity contribution in [2.75, 3.05) is 33.9 Å². The summed E-state index contributed by atoms with van der Waals surface area (Å²) in [4.78, 5) is 6.95. The van der Waals surface area contributed by atoms with Crippen LogP contribution in [0.15, 0.2) is 5.38 Å². The third-order valence-corrected chi connectivity index (χ3v) is 5.22. The van der Waals surface area contributed by atoms with E-state index >= 15 is 0 Å². The molecule has 23 heavy (non-hydrogen) atoms. The lowest BCUT2D eigenvalue weighted by atomic mass is 10.0. The Hall–Kier alpha value is -1.28. The molecule has 0 aliphatic carbocycles. The van der Waals surface area contributed by atoms with Gasteiger partial charge in [-0.05, 0) is 20.9 Å². The molecule has 0 aromatic carbocycles. The minimum absolute atomic E-state index is 0.289. The molecule has 1 atom stereocenters. The van der Waals surface area contributed by atoms with Gasteiger partial charge in [-0.15, -0.1) is 11.3 Å². The van der Waals surface area contributed by atoms with Crippen molar-refractivity contribution in [2.45, 2.75) is 33.0 Å². The van der Waals surface area contributed by atoms with Gasteiger partial charge >= 0.3 is 0 Å². The Labute approximate surface area is 141 Å². The van der Waals surface area contributed by atoms with Gasteiger partial charge in [0.15, 0.2) is 0 Å². The average Bonchev–Trinajstić information content (AvgIpc) is 3.06. The molecule has 7 heteroatoms. The summed E-state index contributed by atoms with van der Waals surface area (Å²) in [6, 6.07) is 0.289. The second-order valence-electron chi connectivity index (χ2n) is 5.98. The Morgan fingerprint density at radius 3 is 3.00 bits per heavy atom. The lowest BCUT2D eigenvalue weighted by Gasteiger charge is -2.32. The fraction of sp³-hybridized carbons (Fsp3) is 0.625. The summed E-state index contributed by atoms with van der Waals surface area (Å²) in [5, 5.41) is 7.83. The Morgan fingerprint density at radius 2 is 2.26 bits per heavy atom. The van der Waals surface area contributed by atoms with Crippen molar-refractivity contribution in [3.63, 3.8) is 0 Å². The number of hydrogen-bond donors (Lipinski definition) is 0. The zero-order chi connectivity index (χ0) is 16.4. The first kappa shape index (κ1) is 16.6. The molecule has 2 aromatic heterocycles. The van der Waals surface area contributed by atoms with Gasteiger partial charge in [-0.1, -0.05) is 0 Å². The largest absolute Gasteiger partial charge is 0.378 e. The standard InChI is InChI=1S/C16H24N4O2S/c1-11-16(14-8-22-6-5-19(14)3)12(2)20(18-11)7-13-10-23-15(17-13)9-21-4/h10,14H,5-9H2,1-4H3. The molecular weight excluding hydrogens is 312 g/mol. The quantitative estimate of drug-likeness (QED) is 0.837. The molecule has 0 amide bonds. The number of ether oxygens (including phenoxy) is 2. The lowest BCUT2D eigenvalue weighted by molar-refractivity contribution is 0.00457. The minimum Gasteiger partial charge on any atom is -0.378 e. The summed E-state index contributed by atoms with van der Waals surface area (Å²) in [6.45, 7) is 7.99. The van der Waals surface area contributed by atoms with E-state index in [0.717, 1.165) is 36.2 Å². The summed E-state index contributed by atoms with van der Waals surface area (Å²) in [5.41, 5.74) is 4.61. The van der Waals surface area contributed by atoms with Gasteiger partial charge in [0.1, 0.15) is 5.01 Å². The first-order chi connectivity index (χ1) is 11.1. The zero-order valence-corrected chi connectivity index (χ0v) is 15.0. The van der Waals surface area contributed by atoms with Crippen LogP contribution in [-0.2, 0) is 22.6 Å². The summed E-state index contributed by atoms with van der Waals surface area (Å²) in [6.07, 6.45) is 0. The normalized spacial score (nSPS) is 19.4. The third-order valence-electron chi connectivity index (χ3n) is 4.35. The van der Waals surface area contributed by atoms with Crippen LogP contribution in [0.3, 0.4) is 0 Å². The highest BCUT2D eigenvalue weighted by Crippen LogP contribution is 2.28. The number of aryl methyl sites for hydroxylation is 1. The maximum atomic E-state index is 5.67. The van der Waals surface area contributed by atoms with Gasteiger partial charge in [-0.3, -0.25) is 9.58 Å². The van der Waals surface area contributed by atoms with Crippen molar-refractivity contribution < 1.29 is 9.47 Å². The van der Waals surface area contributed by atoms with Crippen LogP contribution in [0.5, 0.6) is 0 Å². The predicted octanol–water partition coefficient (Wildman–Crippen LogP) is 2.15. The van der Waals surface area contributed by atoms with Gasteiger partial charge in [-0.2, -0.15) is 5.10 Å². The molecule has 0 saturated carbocycles. The van der Waals surface area contributed by atoms with Crippen LogP contribution >= 0.6 is 11.3 Å². The Balaban J connectivity index is 1.82. The van der Waals surface area contributed by atoms with E-state index in [0.29, 0.717) is 13.2 Å². The van der Waals surface area contributed by atoms with Gasteiger partial charge < -0.3 is 9.47 Å². The number of hydrogen-bond acceptors (Lipinski definition) is 6. The van der Waals surface area contributed by atoms with Crippen molar-refractivity contribution in [3.8, 4) is 0 Å². The summed E-state index contributed by atoms with van der Waals surface area (Å²) >= 11 is 1.63. The smallest absolute Gasteiger partial charge is 0.119 e. The van der Waals surface area contributed by atoms with Crippen LogP contribution in [0.25, 0.3) is 0 Å². The summed E-state index contributed by atoms with van der Waals surface area (Å²) < 4.78 is 12.9. The second-order valence-corrected chi connectivity index (χ2v) is 6.92. The fourth-order valence-corrected chi connectivity index (χ4v) is 3.86. The highest BCUT2D eigenvalue weighted by molar-refractivity contribution is 7.09. The van der Waals surface area contributed by atoms with Crippen LogP contribution in [0, 0.1) is 13.8 Å². The third kappa shape index (κ3) is 3.47. The number of methoxy groups -OCH3 is 1. The molecule has 0 N–H and O–H groups in total. The molecule has 1 aliphatic rings. The molecule has 1 saturated heterocycles. The van der Waals surface area contributed by atoms with Crippen molar-refractivity contribution >= 4 is 11.3 Å². The van der Waals surface area contributed by atoms with E-state index in [2.05, 4.69) is 40.8 Å². The zero-order valence-electron chi connectivity index (χ0n) is 14.2. The van der Waals surface area contributed by atoms with E-state index in [1.807, 2.05) is 0 Å². The topological polar surface area (TPSA) is 52.4 Å². The Bertz CT molecular complexity index is 667.